The maximum absolute atomic E-state index is 13.0. The highest BCUT2D eigenvalue weighted by Gasteiger charge is 2.70. The molecule has 0 aromatic carbocycles. The predicted octanol–water partition coefficient (Wildman–Crippen LogP) is 12.4. The van der Waals surface area contributed by atoms with Gasteiger partial charge < -0.3 is 33.1 Å². The molecule has 7 atom stereocenters. The number of quaternary nitrogens is 1. The predicted molar refractivity (Wildman–Crippen MR) is 260 cm³/mol. The summed E-state index contributed by atoms with van der Waals surface area (Å²) in [6.45, 7) is 9.66. The van der Waals surface area contributed by atoms with Crippen LogP contribution in [0.4, 0.5) is 0 Å². The Morgan fingerprint density at radius 3 is 1.82 bits per heavy atom. The lowest BCUT2D eigenvalue weighted by Gasteiger charge is -2.44. The number of methoxy groups -OCH3 is 1. The second kappa shape index (κ2) is 31.0. The van der Waals surface area contributed by atoms with Crippen molar-refractivity contribution in [1.82, 2.24) is 0 Å². The van der Waals surface area contributed by atoms with Crippen LogP contribution in [0.3, 0.4) is 0 Å². The molecule has 2 saturated carbocycles. The van der Waals surface area contributed by atoms with E-state index in [2.05, 4.69) is 33.8 Å². The molecule has 1 aliphatic heterocycles. The summed E-state index contributed by atoms with van der Waals surface area (Å²) in [5.74, 6) is -0.311. The highest BCUT2D eigenvalue weighted by molar-refractivity contribution is 7.47. The number of epoxide rings is 1. The quantitative estimate of drug-likeness (QED) is 0.0157. The summed E-state index contributed by atoms with van der Waals surface area (Å²) in [5, 5.41) is 0. The highest BCUT2D eigenvalue weighted by Crippen LogP contribution is 2.67. The third kappa shape index (κ3) is 24.2. The molecule has 1 heterocycles. The van der Waals surface area contributed by atoms with Gasteiger partial charge >= 0.3 is 19.8 Å². The first kappa shape index (κ1) is 57.9. The lowest BCUT2D eigenvalue weighted by Crippen LogP contribution is -2.52. The summed E-state index contributed by atoms with van der Waals surface area (Å²) < 4.78 is 53.8. The van der Waals surface area contributed by atoms with Crippen LogP contribution in [-0.4, -0.2) is 113 Å². The average Bonchev–Trinajstić information content (AvgIpc) is 4.17. The van der Waals surface area contributed by atoms with Crippen molar-refractivity contribution in [3.05, 3.63) is 11.6 Å². The molecule has 1 spiro atoms. The van der Waals surface area contributed by atoms with Crippen LogP contribution in [-0.2, 0) is 46.9 Å². The molecule has 2 unspecified atom stereocenters. The first-order valence-electron chi connectivity index (χ1n) is 26.3. The molecule has 3 rings (SSSR count). The minimum atomic E-state index is -4.33. The van der Waals surface area contributed by atoms with Crippen LogP contribution < -0.4 is 0 Å². The van der Waals surface area contributed by atoms with Gasteiger partial charge in [0, 0.05) is 32.5 Å². The van der Waals surface area contributed by atoms with Gasteiger partial charge in [0.25, 0.3) is 0 Å². The summed E-state index contributed by atoms with van der Waals surface area (Å²) in [5.41, 5.74) is 1.30. The van der Waals surface area contributed by atoms with E-state index in [1.165, 1.54) is 102 Å². The van der Waals surface area contributed by atoms with Gasteiger partial charge in [0.2, 0.25) is 0 Å². The summed E-state index contributed by atoms with van der Waals surface area (Å²) in [6, 6.07) is 0. The molecule has 2 aliphatic carbocycles. The van der Waals surface area contributed by atoms with E-state index in [0.717, 1.165) is 64.2 Å². The number of allylic oxidation sites excluding steroid dienone is 1. The molecule has 380 valence electrons. The van der Waals surface area contributed by atoms with Crippen LogP contribution in [0.25, 0.3) is 0 Å². The molecule has 1 saturated heterocycles. The molecule has 0 amide bonds. The second-order valence-electron chi connectivity index (χ2n) is 21.3. The maximum Gasteiger partial charge on any atom is 0.472 e. The Balaban J connectivity index is 1.28. The zero-order valence-electron chi connectivity index (χ0n) is 42.7. The molecular formula is C52H97NO11P+. The van der Waals surface area contributed by atoms with Crippen LogP contribution in [0.2, 0.25) is 0 Å². The molecule has 13 heteroatoms. The molecular weight excluding hydrogens is 846 g/mol. The van der Waals surface area contributed by atoms with Crippen molar-refractivity contribution in [1.29, 1.82) is 0 Å². The third-order valence-electron chi connectivity index (χ3n) is 14.0. The van der Waals surface area contributed by atoms with Crippen molar-refractivity contribution in [2.75, 3.05) is 61.2 Å². The summed E-state index contributed by atoms with van der Waals surface area (Å²) in [4.78, 5) is 36.2. The number of ether oxygens (including phenoxy) is 5. The number of phosphoric ester groups is 1. The fourth-order valence-corrected chi connectivity index (χ4v) is 10.6. The fourth-order valence-electron chi connectivity index (χ4n) is 9.82. The zero-order chi connectivity index (χ0) is 47.6. The lowest BCUT2D eigenvalue weighted by molar-refractivity contribution is -0.870. The number of hydrogen-bond acceptors (Lipinski definition) is 10. The molecule has 0 radical (unpaired) electrons. The molecule has 3 aliphatic rings. The standard InChI is InChI=1S/C52H96NO11P/c1-9-10-11-12-13-14-15-16-17-18-19-20-23-26-29-39-59-41-44(42-61-65(56,57)60-40-38-53(5,6)7)62-47(54)30-27-24-21-22-25-28-31-48(55)63-45-34-35-52(36-37-52)50(49(45)58-8)51(4)46(64-51)33-32-43(2)3/h32,44-46,49-50H,9-31,33-42H2,1-8H3/p+1/t44?,45-,46-,49-,50-,51+/m1/s1. The van der Waals surface area contributed by atoms with Crippen molar-refractivity contribution >= 4 is 19.8 Å². The lowest BCUT2D eigenvalue weighted by atomic mass is 9.66. The number of unbranched alkanes of at least 4 members (excludes halogenated alkanes) is 19. The summed E-state index contributed by atoms with van der Waals surface area (Å²) in [7, 11) is 3.33. The summed E-state index contributed by atoms with van der Waals surface area (Å²) in [6.07, 6.45) is 31.5. The third-order valence-corrected chi connectivity index (χ3v) is 15.0. The Morgan fingerprint density at radius 1 is 0.754 bits per heavy atom. The van der Waals surface area contributed by atoms with Crippen molar-refractivity contribution in [3.8, 4) is 0 Å². The molecule has 3 fully saturated rings. The van der Waals surface area contributed by atoms with Crippen LogP contribution in [0.5, 0.6) is 0 Å². The van der Waals surface area contributed by atoms with Crippen LogP contribution in [0.1, 0.15) is 207 Å². The minimum absolute atomic E-state index is 0.0608. The Morgan fingerprint density at radius 2 is 1.29 bits per heavy atom. The van der Waals surface area contributed by atoms with Gasteiger partial charge in [-0.1, -0.05) is 134 Å². The molecule has 0 bridgehead atoms. The number of hydrogen-bond donors (Lipinski definition) is 1. The SMILES string of the molecule is CCCCCCCCCCCCCCCCCOCC(COP(=O)(O)OCC[N+](C)(C)C)OC(=O)CCCCCCCCC(=O)O[C@@H]1CCC2(CC2)[C@@H]([C@@]2(C)O[C@@H]2CC=C(C)C)[C@@H]1OC. The van der Waals surface area contributed by atoms with Gasteiger partial charge in [0.15, 0.2) is 0 Å². The monoisotopic (exact) mass is 943 g/mol. The number of carbonyl (C=O) groups excluding carboxylic acids is 2. The number of nitrogens with zero attached hydrogens (tertiary/aromatic N) is 1. The largest absolute Gasteiger partial charge is 0.472 e. The van der Waals surface area contributed by atoms with E-state index in [-0.39, 0.29) is 73.4 Å². The van der Waals surface area contributed by atoms with Crippen LogP contribution in [0.15, 0.2) is 11.6 Å². The van der Waals surface area contributed by atoms with Gasteiger partial charge in [0.1, 0.15) is 31.5 Å². The smallest absolute Gasteiger partial charge is 0.460 e. The van der Waals surface area contributed by atoms with Gasteiger partial charge in [-0.05, 0) is 77.6 Å². The van der Waals surface area contributed by atoms with E-state index in [4.69, 9.17) is 32.7 Å². The Hall–Kier alpha value is -1.37. The van der Waals surface area contributed by atoms with E-state index in [1.807, 2.05) is 21.1 Å². The number of rotatable bonds is 40. The van der Waals surface area contributed by atoms with Gasteiger partial charge in [0.05, 0.1) is 46.1 Å². The van der Waals surface area contributed by atoms with Crippen molar-refractivity contribution in [2.24, 2.45) is 11.3 Å². The van der Waals surface area contributed by atoms with Gasteiger partial charge in [-0.2, -0.15) is 0 Å². The van der Waals surface area contributed by atoms with Crippen molar-refractivity contribution < 1.29 is 56.3 Å². The van der Waals surface area contributed by atoms with Crippen LogP contribution >= 0.6 is 7.82 Å². The Kier molecular flexibility index (Phi) is 27.6. The summed E-state index contributed by atoms with van der Waals surface area (Å²) >= 11 is 0. The van der Waals surface area contributed by atoms with Gasteiger partial charge in [-0.15, -0.1) is 0 Å². The molecule has 65 heavy (non-hydrogen) atoms. The highest BCUT2D eigenvalue weighted by atomic mass is 31.2. The Labute approximate surface area is 396 Å². The number of carbonyl (C=O) groups is 2. The molecule has 12 nitrogen and oxygen atoms in total. The minimum Gasteiger partial charge on any atom is -0.460 e. The van der Waals surface area contributed by atoms with E-state index in [9.17, 15) is 19.0 Å². The number of esters is 2. The molecule has 0 aromatic heterocycles. The molecule has 1 N–H and O–H groups in total. The Bertz CT molecular complexity index is 1390. The van der Waals surface area contributed by atoms with Gasteiger partial charge in [-0.3, -0.25) is 18.6 Å². The van der Waals surface area contributed by atoms with Crippen molar-refractivity contribution in [2.45, 2.75) is 237 Å². The zero-order valence-corrected chi connectivity index (χ0v) is 43.6. The fraction of sp³-hybridized carbons (Fsp3) is 0.923. The topological polar surface area (TPSA) is 139 Å². The number of likely N-dealkylation sites (N-methyl/N-ethyl adjacent to an activating group) is 1. The van der Waals surface area contributed by atoms with E-state index in [1.54, 1.807) is 7.11 Å². The average molecular weight is 943 g/mol. The van der Waals surface area contributed by atoms with Gasteiger partial charge in [-0.25, -0.2) is 4.57 Å². The first-order chi connectivity index (χ1) is 31.0. The number of phosphoric acid groups is 1. The van der Waals surface area contributed by atoms with E-state index < -0.39 is 13.9 Å². The second-order valence-corrected chi connectivity index (χ2v) is 22.7. The maximum atomic E-state index is 13.0. The molecule has 0 aromatic rings. The van der Waals surface area contributed by atoms with Crippen molar-refractivity contribution in [3.63, 3.8) is 0 Å². The first-order valence-corrected chi connectivity index (χ1v) is 27.8. The van der Waals surface area contributed by atoms with E-state index >= 15 is 0 Å². The normalized spacial score (nSPS) is 23.8. The van der Waals surface area contributed by atoms with Crippen LogP contribution in [0, 0.1) is 11.3 Å². The van der Waals surface area contributed by atoms with E-state index in [0.29, 0.717) is 30.5 Å².